The van der Waals surface area contributed by atoms with Crippen LogP contribution in [0.1, 0.15) is 16.2 Å². The van der Waals surface area contributed by atoms with E-state index in [2.05, 4.69) is 41.5 Å². The number of carbonyl (C=O) groups is 1. The van der Waals surface area contributed by atoms with Gasteiger partial charge in [-0.1, -0.05) is 0 Å². The third kappa shape index (κ3) is 4.51. The molecule has 3 heterocycles. The van der Waals surface area contributed by atoms with Crippen molar-refractivity contribution in [1.29, 1.82) is 0 Å². The van der Waals surface area contributed by atoms with Crippen molar-refractivity contribution in [3.8, 4) is 0 Å². The molecule has 3 rings (SSSR count). The lowest BCUT2D eigenvalue weighted by molar-refractivity contribution is 0.102. The molecule has 1 amide bonds. The summed E-state index contributed by atoms with van der Waals surface area (Å²) >= 11 is 3.29. The first-order valence-corrected chi connectivity index (χ1v) is 8.23. The Morgan fingerprint density at radius 1 is 1.12 bits per heavy atom. The topological polar surface area (TPSA) is 106 Å². The maximum atomic E-state index is 12.2. The molecule has 0 unspecified atom stereocenters. The first kappa shape index (κ1) is 16.8. The molecule has 0 fully saturated rings. The molecular weight excluding hydrogens is 384 g/mol. The molecule has 3 aromatic rings. The van der Waals surface area contributed by atoms with Crippen LogP contribution in [0.25, 0.3) is 0 Å². The van der Waals surface area contributed by atoms with Crippen molar-refractivity contribution < 1.29 is 4.79 Å². The summed E-state index contributed by atoms with van der Waals surface area (Å²) in [5.41, 5.74) is 8.26. The van der Waals surface area contributed by atoms with Gasteiger partial charge in [0.05, 0.1) is 17.9 Å². The van der Waals surface area contributed by atoms with E-state index in [4.69, 9.17) is 5.73 Å². The number of anilines is 3. The molecule has 0 saturated carbocycles. The van der Waals surface area contributed by atoms with Crippen LogP contribution >= 0.6 is 15.9 Å². The van der Waals surface area contributed by atoms with Crippen molar-refractivity contribution >= 4 is 39.0 Å². The number of nitrogens with two attached hydrogens (primary N) is 1. The second-order valence-corrected chi connectivity index (χ2v) is 6.06. The SMILES string of the molecule is Nc1ncccc1NCc1cc(NC(=O)c2ccc(Br)cn2)ccn1. The molecule has 8 heteroatoms. The molecule has 4 N–H and O–H groups in total. The minimum absolute atomic E-state index is 0.283. The van der Waals surface area contributed by atoms with Gasteiger partial charge in [-0.15, -0.1) is 0 Å². The number of nitrogens with one attached hydrogen (secondary N) is 2. The Labute approximate surface area is 152 Å². The molecule has 0 aliphatic carbocycles. The van der Waals surface area contributed by atoms with Crippen molar-refractivity contribution in [2.24, 2.45) is 0 Å². The molecule has 0 atom stereocenters. The second-order valence-electron chi connectivity index (χ2n) is 5.14. The molecule has 25 heavy (non-hydrogen) atoms. The highest BCUT2D eigenvalue weighted by Crippen LogP contribution is 2.16. The third-order valence-corrected chi connectivity index (χ3v) is 3.80. The molecule has 0 saturated heterocycles. The summed E-state index contributed by atoms with van der Waals surface area (Å²) in [6, 6.07) is 10.6. The second kappa shape index (κ2) is 7.71. The molecule has 0 aliphatic rings. The van der Waals surface area contributed by atoms with Gasteiger partial charge in [-0.05, 0) is 52.3 Å². The monoisotopic (exact) mass is 398 g/mol. The van der Waals surface area contributed by atoms with Crippen LogP contribution in [0.4, 0.5) is 17.2 Å². The number of carbonyl (C=O) groups excluding carboxylic acids is 1. The zero-order valence-electron chi connectivity index (χ0n) is 13.1. The zero-order valence-corrected chi connectivity index (χ0v) is 14.7. The quantitative estimate of drug-likeness (QED) is 0.609. The number of nitrogen functional groups attached to an aromatic ring is 1. The first-order valence-electron chi connectivity index (χ1n) is 7.44. The number of rotatable bonds is 5. The van der Waals surface area contributed by atoms with Crippen molar-refractivity contribution in [2.75, 3.05) is 16.4 Å². The highest BCUT2D eigenvalue weighted by atomic mass is 79.9. The van der Waals surface area contributed by atoms with E-state index in [1.54, 1.807) is 48.9 Å². The molecule has 0 radical (unpaired) electrons. The molecule has 0 bridgehead atoms. The lowest BCUT2D eigenvalue weighted by Crippen LogP contribution is -2.14. The summed E-state index contributed by atoms with van der Waals surface area (Å²) in [4.78, 5) is 24.6. The fraction of sp³-hybridized carbons (Fsp3) is 0.0588. The minimum Gasteiger partial charge on any atom is -0.382 e. The third-order valence-electron chi connectivity index (χ3n) is 3.33. The van der Waals surface area contributed by atoms with Gasteiger partial charge in [0, 0.05) is 28.8 Å². The zero-order chi connectivity index (χ0) is 17.6. The van der Waals surface area contributed by atoms with Crippen LogP contribution in [0.5, 0.6) is 0 Å². The Balaban J connectivity index is 1.66. The Morgan fingerprint density at radius 3 is 2.76 bits per heavy atom. The average molecular weight is 399 g/mol. The molecule has 0 spiro atoms. The lowest BCUT2D eigenvalue weighted by atomic mass is 10.2. The van der Waals surface area contributed by atoms with Gasteiger partial charge in [0.2, 0.25) is 0 Å². The number of hydrogen-bond donors (Lipinski definition) is 3. The van der Waals surface area contributed by atoms with E-state index < -0.39 is 0 Å². The summed E-state index contributed by atoms with van der Waals surface area (Å²) in [6.45, 7) is 0.455. The average Bonchev–Trinajstić information content (AvgIpc) is 2.62. The number of amides is 1. The highest BCUT2D eigenvalue weighted by molar-refractivity contribution is 9.10. The van der Waals surface area contributed by atoms with E-state index in [9.17, 15) is 4.79 Å². The Morgan fingerprint density at radius 2 is 2.00 bits per heavy atom. The van der Waals surface area contributed by atoms with E-state index in [0.717, 1.165) is 15.9 Å². The largest absolute Gasteiger partial charge is 0.382 e. The molecule has 126 valence electrons. The van der Waals surface area contributed by atoms with Crippen LogP contribution in [0.15, 0.2) is 59.5 Å². The van der Waals surface area contributed by atoms with Gasteiger partial charge in [-0.3, -0.25) is 9.78 Å². The lowest BCUT2D eigenvalue weighted by Gasteiger charge is -2.09. The van der Waals surface area contributed by atoms with Crippen molar-refractivity contribution in [2.45, 2.75) is 6.54 Å². The van der Waals surface area contributed by atoms with Gasteiger partial charge in [0.1, 0.15) is 11.5 Å². The summed E-state index contributed by atoms with van der Waals surface area (Å²) in [6.07, 6.45) is 4.84. The van der Waals surface area contributed by atoms with Gasteiger partial charge in [-0.2, -0.15) is 0 Å². The van der Waals surface area contributed by atoms with Crippen LogP contribution < -0.4 is 16.4 Å². The Hall–Kier alpha value is -3.00. The standard InChI is InChI=1S/C17H15BrN6O/c18-11-3-4-15(22-9-11)17(25)24-12-5-7-20-13(8-12)10-23-14-2-1-6-21-16(14)19/h1-9,23H,10H2,(H2,19,21)(H,20,24,25). The Kier molecular flexibility index (Phi) is 5.20. The van der Waals surface area contributed by atoms with Crippen LogP contribution in [-0.4, -0.2) is 20.9 Å². The van der Waals surface area contributed by atoms with Crippen LogP contribution in [0.2, 0.25) is 0 Å². The predicted molar refractivity (Wildman–Crippen MR) is 100 cm³/mol. The fourth-order valence-electron chi connectivity index (χ4n) is 2.11. The summed E-state index contributed by atoms with van der Waals surface area (Å²) in [7, 11) is 0. The smallest absolute Gasteiger partial charge is 0.274 e. The predicted octanol–water partition coefficient (Wildman–Crippen LogP) is 3.08. The number of nitrogens with zero attached hydrogens (tertiary/aromatic N) is 3. The summed E-state index contributed by atoms with van der Waals surface area (Å²) in [5.74, 6) is 0.141. The van der Waals surface area contributed by atoms with Gasteiger partial charge in [0.15, 0.2) is 0 Å². The first-order chi connectivity index (χ1) is 12.1. The normalized spacial score (nSPS) is 10.3. The maximum absolute atomic E-state index is 12.2. The van der Waals surface area contributed by atoms with Gasteiger partial charge in [0.25, 0.3) is 5.91 Å². The molecule has 3 aromatic heterocycles. The highest BCUT2D eigenvalue weighted by Gasteiger charge is 2.08. The van der Waals surface area contributed by atoms with Crippen molar-refractivity contribution in [3.63, 3.8) is 0 Å². The minimum atomic E-state index is -0.283. The maximum Gasteiger partial charge on any atom is 0.274 e. The molecular formula is C17H15BrN6O. The number of halogens is 1. The van der Waals surface area contributed by atoms with E-state index >= 15 is 0 Å². The summed E-state index contributed by atoms with van der Waals surface area (Å²) < 4.78 is 0.816. The van der Waals surface area contributed by atoms with Crippen LogP contribution in [0, 0.1) is 0 Å². The number of hydrogen-bond acceptors (Lipinski definition) is 6. The number of pyridine rings is 3. The van der Waals surface area contributed by atoms with E-state index in [1.807, 2.05) is 6.07 Å². The number of aromatic nitrogens is 3. The molecule has 7 nitrogen and oxygen atoms in total. The van der Waals surface area contributed by atoms with Crippen LogP contribution in [-0.2, 0) is 6.54 Å². The molecule has 0 aromatic carbocycles. The van der Waals surface area contributed by atoms with Crippen LogP contribution in [0.3, 0.4) is 0 Å². The van der Waals surface area contributed by atoms with E-state index in [-0.39, 0.29) is 5.91 Å². The fourth-order valence-corrected chi connectivity index (χ4v) is 2.35. The van der Waals surface area contributed by atoms with Crippen molar-refractivity contribution in [1.82, 2.24) is 15.0 Å². The summed E-state index contributed by atoms with van der Waals surface area (Å²) in [5, 5.41) is 5.97. The molecule has 0 aliphatic heterocycles. The van der Waals surface area contributed by atoms with Gasteiger partial charge < -0.3 is 16.4 Å². The van der Waals surface area contributed by atoms with E-state index in [1.165, 1.54) is 0 Å². The van der Waals surface area contributed by atoms with Gasteiger partial charge >= 0.3 is 0 Å². The van der Waals surface area contributed by atoms with E-state index in [0.29, 0.717) is 23.7 Å². The van der Waals surface area contributed by atoms with Gasteiger partial charge in [-0.25, -0.2) is 9.97 Å². The van der Waals surface area contributed by atoms with Crippen molar-refractivity contribution in [3.05, 3.63) is 70.8 Å². The Bertz CT molecular complexity index is 884.